The van der Waals surface area contributed by atoms with Gasteiger partial charge in [-0.05, 0) is 24.8 Å². The summed E-state index contributed by atoms with van der Waals surface area (Å²) in [6.07, 6.45) is 0.995. The quantitative estimate of drug-likeness (QED) is 0.570. The number of hydrogen-bond acceptors (Lipinski definition) is 8. The minimum absolute atomic E-state index is 0.0136. The highest BCUT2D eigenvalue weighted by atomic mass is 32.2. The molecule has 3 rings (SSSR count). The number of nitrogens with zero attached hydrogens (tertiary/aromatic N) is 4. The molecular formula is C17H20FN5O4S. The highest BCUT2D eigenvalue weighted by Gasteiger charge is 2.25. The van der Waals surface area contributed by atoms with Crippen LogP contribution in [0.4, 0.5) is 10.2 Å². The second-order valence-corrected chi connectivity index (χ2v) is 8.57. The van der Waals surface area contributed by atoms with Gasteiger partial charge in [0, 0.05) is 31.1 Å². The molecule has 2 aromatic rings. The van der Waals surface area contributed by atoms with Gasteiger partial charge in [-0.25, -0.2) is 27.5 Å². The SMILES string of the molecule is N#Cc1cc2c(N3CCCC(CNS(=O)(=O)CC(O)O)C3)ncnc2cc1F. The van der Waals surface area contributed by atoms with E-state index < -0.39 is 27.9 Å². The second-order valence-electron chi connectivity index (χ2n) is 6.72. The van der Waals surface area contributed by atoms with Crippen molar-refractivity contribution in [3.63, 3.8) is 0 Å². The first-order valence-corrected chi connectivity index (χ1v) is 10.4. The van der Waals surface area contributed by atoms with Gasteiger partial charge in [-0.2, -0.15) is 5.26 Å². The fourth-order valence-corrected chi connectivity index (χ4v) is 4.33. The van der Waals surface area contributed by atoms with Crippen molar-refractivity contribution in [2.75, 3.05) is 30.3 Å². The number of rotatable bonds is 6. The number of hydrogen-bond donors (Lipinski definition) is 3. The van der Waals surface area contributed by atoms with Gasteiger partial charge < -0.3 is 15.1 Å². The van der Waals surface area contributed by atoms with E-state index in [0.717, 1.165) is 12.8 Å². The van der Waals surface area contributed by atoms with Crippen molar-refractivity contribution >= 4 is 26.7 Å². The number of aliphatic hydroxyl groups is 2. The van der Waals surface area contributed by atoms with Gasteiger partial charge in [0.25, 0.3) is 0 Å². The number of benzene rings is 1. The summed E-state index contributed by atoms with van der Waals surface area (Å²) in [5.74, 6) is -0.862. The minimum Gasteiger partial charge on any atom is -0.367 e. The number of halogens is 1. The minimum atomic E-state index is -3.78. The number of aliphatic hydroxyl groups excluding tert-OH is 1. The Balaban J connectivity index is 1.78. The van der Waals surface area contributed by atoms with Crippen LogP contribution >= 0.6 is 0 Å². The van der Waals surface area contributed by atoms with Crippen LogP contribution in [0.5, 0.6) is 0 Å². The maximum absolute atomic E-state index is 13.9. The lowest BCUT2D eigenvalue weighted by molar-refractivity contribution is -0.0200. The Bertz CT molecular complexity index is 1010. The molecule has 0 spiro atoms. The fourth-order valence-electron chi connectivity index (χ4n) is 3.33. The number of fused-ring (bicyclic) bond motifs is 1. The van der Waals surface area contributed by atoms with Crippen LogP contribution < -0.4 is 9.62 Å². The maximum atomic E-state index is 13.9. The standard InChI is InChI=1S/C17H20FN5O4S/c18-14-5-15-13(4-12(14)6-19)17(21-10-20-15)23-3-1-2-11(8-23)7-22-28(26,27)9-16(24)25/h4-5,10-11,16,22,24-25H,1-3,7-9H2. The lowest BCUT2D eigenvalue weighted by Gasteiger charge is -2.34. The largest absolute Gasteiger partial charge is 0.367 e. The molecule has 3 N–H and O–H groups in total. The van der Waals surface area contributed by atoms with Crippen molar-refractivity contribution in [3.05, 3.63) is 29.8 Å². The van der Waals surface area contributed by atoms with Crippen molar-refractivity contribution in [1.29, 1.82) is 5.26 Å². The van der Waals surface area contributed by atoms with E-state index in [2.05, 4.69) is 14.7 Å². The fraction of sp³-hybridized carbons (Fsp3) is 0.471. The van der Waals surface area contributed by atoms with Crippen LogP contribution in [0.2, 0.25) is 0 Å². The van der Waals surface area contributed by atoms with E-state index in [0.29, 0.717) is 29.8 Å². The van der Waals surface area contributed by atoms with Gasteiger partial charge in [0.05, 0.1) is 11.1 Å². The van der Waals surface area contributed by atoms with Gasteiger partial charge in [0.1, 0.15) is 29.8 Å². The van der Waals surface area contributed by atoms with Crippen LogP contribution in [0, 0.1) is 23.1 Å². The summed E-state index contributed by atoms with van der Waals surface area (Å²) in [5.41, 5.74) is 0.300. The van der Waals surface area contributed by atoms with Crippen LogP contribution in [0.1, 0.15) is 18.4 Å². The molecule has 1 unspecified atom stereocenters. The lowest BCUT2D eigenvalue weighted by Crippen LogP contribution is -2.42. The molecule has 0 radical (unpaired) electrons. The predicted molar refractivity (Wildman–Crippen MR) is 99.2 cm³/mol. The third-order valence-corrected chi connectivity index (χ3v) is 5.95. The molecule has 1 aliphatic rings. The summed E-state index contributed by atoms with van der Waals surface area (Å²) in [6.45, 7) is 1.35. The number of anilines is 1. The van der Waals surface area contributed by atoms with Gasteiger partial charge in [-0.15, -0.1) is 0 Å². The van der Waals surface area contributed by atoms with Gasteiger partial charge >= 0.3 is 0 Å². The lowest BCUT2D eigenvalue weighted by atomic mass is 9.98. The number of piperidine rings is 1. The molecule has 0 aliphatic carbocycles. The van der Waals surface area contributed by atoms with Crippen LogP contribution in [0.15, 0.2) is 18.5 Å². The second kappa shape index (κ2) is 8.32. The molecule has 9 nitrogen and oxygen atoms in total. The van der Waals surface area contributed by atoms with E-state index in [4.69, 9.17) is 15.5 Å². The molecule has 0 bridgehead atoms. The Morgan fingerprint density at radius 2 is 2.18 bits per heavy atom. The van der Waals surface area contributed by atoms with Crippen LogP contribution in [-0.4, -0.2) is 60.3 Å². The highest BCUT2D eigenvalue weighted by Crippen LogP contribution is 2.29. The monoisotopic (exact) mass is 409 g/mol. The molecule has 11 heteroatoms. The number of aromatic nitrogens is 2. The van der Waals surface area contributed by atoms with Crippen molar-refractivity contribution in [2.45, 2.75) is 19.1 Å². The molecule has 2 heterocycles. The van der Waals surface area contributed by atoms with E-state index in [1.165, 1.54) is 18.5 Å². The van der Waals surface area contributed by atoms with E-state index in [9.17, 15) is 12.8 Å². The molecule has 1 aromatic carbocycles. The van der Waals surface area contributed by atoms with Gasteiger partial charge in [-0.3, -0.25) is 0 Å². The molecule has 1 atom stereocenters. The summed E-state index contributed by atoms with van der Waals surface area (Å²) in [5, 5.41) is 27.3. The van der Waals surface area contributed by atoms with Gasteiger partial charge in [0.15, 0.2) is 6.29 Å². The zero-order chi connectivity index (χ0) is 20.3. The number of sulfonamides is 1. The van der Waals surface area contributed by atoms with Crippen molar-refractivity contribution < 1.29 is 23.0 Å². The zero-order valence-electron chi connectivity index (χ0n) is 14.9. The van der Waals surface area contributed by atoms with Crippen molar-refractivity contribution in [2.24, 2.45) is 5.92 Å². The van der Waals surface area contributed by atoms with Crippen molar-refractivity contribution in [1.82, 2.24) is 14.7 Å². The molecule has 1 aromatic heterocycles. The molecule has 0 saturated carbocycles. The Hall–Kier alpha value is -2.39. The summed E-state index contributed by atoms with van der Waals surface area (Å²) in [4.78, 5) is 10.3. The third-order valence-electron chi connectivity index (χ3n) is 4.60. The van der Waals surface area contributed by atoms with Crippen LogP contribution in [-0.2, 0) is 10.0 Å². The normalized spacial score (nSPS) is 17.8. The Kier molecular flexibility index (Phi) is 6.04. The first kappa shape index (κ1) is 20.3. The average Bonchev–Trinajstić information content (AvgIpc) is 2.64. The average molecular weight is 409 g/mol. The number of nitriles is 1. The smallest absolute Gasteiger partial charge is 0.216 e. The van der Waals surface area contributed by atoms with Crippen LogP contribution in [0.3, 0.4) is 0 Å². The van der Waals surface area contributed by atoms with E-state index >= 15 is 0 Å². The number of nitrogens with one attached hydrogen (secondary N) is 1. The molecule has 1 saturated heterocycles. The zero-order valence-corrected chi connectivity index (χ0v) is 15.7. The first-order chi connectivity index (χ1) is 13.3. The molecule has 1 aliphatic heterocycles. The maximum Gasteiger partial charge on any atom is 0.216 e. The van der Waals surface area contributed by atoms with E-state index in [1.54, 1.807) is 0 Å². The Morgan fingerprint density at radius 3 is 2.89 bits per heavy atom. The van der Waals surface area contributed by atoms with Gasteiger partial charge in [0.2, 0.25) is 10.0 Å². The highest BCUT2D eigenvalue weighted by molar-refractivity contribution is 7.89. The molecular weight excluding hydrogens is 389 g/mol. The van der Waals surface area contributed by atoms with E-state index in [-0.39, 0.29) is 18.0 Å². The Labute approximate surface area is 161 Å². The Morgan fingerprint density at radius 1 is 1.39 bits per heavy atom. The summed E-state index contributed by atoms with van der Waals surface area (Å²) < 4.78 is 39.8. The van der Waals surface area contributed by atoms with E-state index in [1.807, 2.05) is 11.0 Å². The van der Waals surface area contributed by atoms with Gasteiger partial charge in [-0.1, -0.05) is 0 Å². The summed E-state index contributed by atoms with van der Waals surface area (Å²) >= 11 is 0. The molecule has 28 heavy (non-hydrogen) atoms. The topological polar surface area (TPSA) is 139 Å². The first-order valence-electron chi connectivity index (χ1n) is 8.72. The summed E-state index contributed by atoms with van der Waals surface area (Å²) in [7, 11) is -3.78. The van der Waals surface area contributed by atoms with Crippen molar-refractivity contribution in [3.8, 4) is 6.07 Å². The molecule has 1 fully saturated rings. The summed E-state index contributed by atoms with van der Waals surface area (Å²) in [6, 6.07) is 4.44. The molecule has 150 valence electrons. The van der Waals surface area contributed by atoms with Crippen LogP contribution in [0.25, 0.3) is 10.9 Å². The third kappa shape index (κ3) is 4.71. The predicted octanol–water partition coefficient (Wildman–Crippen LogP) is 0.0871. The molecule has 0 amide bonds.